The molecule has 7 heterocycles. The fourth-order valence-corrected chi connectivity index (χ4v) is 10.7. The van der Waals surface area contributed by atoms with Gasteiger partial charge in [-0.3, -0.25) is 33.9 Å². The van der Waals surface area contributed by atoms with Gasteiger partial charge >= 0.3 is 0 Å². The van der Waals surface area contributed by atoms with E-state index in [0.29, 0.717) is 61.4 Å². The number of nitrogens with two attached hydrogens (primary N) is 3. The van der Waals surface area contributed by atoms with E-state index in [-0.39, 0.29) is 114 Å². The lowest BCUT2D eigenvalue weighted by atomic mass is 10.2. The van der Waals surface area contributed by atoms with Crippen LogP contribution >= 0.6 is 11.8 Å². The molecule has 0 spiro atoms. The molecule has 12 aromatic rings. The van der Waals surface area contributed by atoms with Crippen LogP contribution in [-0.4, -0.2) is 122 Å². The van der Waals surface area contributed by atoms with Crippen LogP contribution in [0.3, 0.4) is 0 Å². The highest BCUT2D eigenvalue weighted by molar-refractivity contribution is 7.98. The maximum absolute atomic E-state index is 14.9. The van der Waals surface area contributed by atoms with Gasteiger partial charge in [-0.25, -0.2) is 72.9 Å². The average molecular weight is 1620 g/mol. The maximum Gasteiger partial charge on any atom is 0.267 e. The Labute approximate surface area is 648 Å². The molecule has 0 unspecified atom stereocenters. The summed E-state index contributed by atoms with van der Waals surface area (Å²) in [6.45, 7) is 2.03. The molecule has 0 saturated carbocycles. The van der Waals surface area contributed by atoms with Crippen LogP contribution in [0.4, 0.5) is 103 Å². The summed E-state index contributed by atoms with van der Waals surface area (Å²) in [6.07, 6.45) is 9.94. The largest absolute Gasteiger partial charge is 0.454 e. The molecule has 1 fully saturated rings. The number of anilines is 11. The van der Waals surface area contributed by atoms with Crippen LogP contribution in [0.2, 0.25) is 0 Å². The molecule has 588 valence electrons. The van der Waals surface area contributed by atoms with Crippen molar-refractivity contribution in [1.29, 1.82) is 0 Å². The van der Waals surface area contributed by atoms with Crippen LogP contribution in [0, 0.1) is 52.4 Å². The molecule has 12 N–H and O–H groups in total. The van der Waals surface area contributed by atoms with Gasteiger partial charge in [0.15, 0.2) is 39.9 Å². The zero-order chi connectivity index (χ0) is 82.2. The Morgan fingerprint density at radius 2 is 0.835 bits per heavy atom. The van der Waals surface area contributed by atoms with Gasteiger partial charge in [-0.15, -0.1) is 0 Å². The van der Waals surface area contributed by atoms with Crippen molar-refractivity contribution in [2.75, 3.05) is 81.3 Å². The molecule has 6 aromatic carbocycles. The van der Waals surface area contributed by atoms with Crippen molar-refractivity contribution in [2.45, 2.75) is 10.3 Å². The first kappa shape index (κ1) is 81.4. The van der Waals surface area contributed by atoms with E-state index in [1.807, 2.05) is 4.90 Å². The number of carbonyl (C=O) groups is 5. The molecule has 0 radical (unpaired) electrons. The second-order valence-electron chi connectivity index (χ2n) is 23.6. The van der Waals surface area contributed by atoms with Gasteiger partial charge in [0.25, 0.3) is 29.5 Å². The third-order valence-electron chi connectivity index (χ3n) is 15.4. The van der Waals surface area contributed by atoms with E-state index >= 15 is 0 Å². The monoisotopic (exact) mass is 1620 g/mol. The van der Waals surface area contributed by atoms with E-state index in [0.717, 1.165) is 67.0 Å². The third kappa shape index (κ3) is 21.7. The summed E-state index contributed by atoms with van der Waals surface area (Å²) in [5.74, 6) is -11.5. The maximum atomic E-state index is 14.9. The SMILES string of the molecule is CS(=O)(=O)c1ncc(C(=O)Nc2ccc(F)cc2F)c(Nc2ccc(Oc3ccnc(C(N)=O)c3)c(F)c2)n1.CSc1ncc(C(=O)Nc2ccc(F)cc2F)c(Nc2ccc(Oc3ccnc(C(N)=O)c3)c(F)c2)n1.Nc1cc(Oc2ccc(Nc3nc(N4CCOCC4)ncc3C(=O)Nc3ccc(F)cc3F)cc2F)ccn1. The first-order valence-corrected chi connectivity index (χ1v) is 36.0. The van der Waals surface area contributed by atoms with E-state index in [1.165, 1.54) is 116 Å². The third-order valence-corrected chi connectivity index (χ3v) is 16.8. The number of halogens is 9. The first-order chi connectivity index (χ1) is 55.0. The Morgan fingerprint density at radius 3 is 1.22 bits per heavy atom. The quantitative estimate of drug-likeness (QED) is 0.0163. The lowest BCUT2D eigenvalue weighted by Gasteiger charge is -2.27. The van der Waals surface area contributed by atoms with Crippen LogP contribution in [-0.2, 0) is 14.6 Å². The number of nitrogens with zero attached hydrogens (tertiary/aromatic N) is 10. The van der Waals surface area contributed by atoms with Crippen molar-refractivity contribution in [2.24, 2.45) is 11.5 Å². The summed E-state index contributed by atoms with van der Waals surface area (Å²) in [5.41, 5.74) is 15.1. The van der Waals surface area contributed by atoms with Crippen LogP contribution in [0.5, 0.6) is 34.5 Å². The normalized spacial score (nSPS) is 11.6. The van der Waals surface area contributed by atoms with E-state index in [9.17, 15) is 71.9 Å². The number of nitrogens with one attached hydrogen (secondary N) is 6. The molecule has 0 bridgehead atoms. The number of rotatable bonds is 23. The smallest absolute Gasteiger partial charge is 0.267 e. The minimum Gasteiger partial charge on any atom is -0.454 e. The van der Waals surface area contributed by atoms with Gasteiger partial charge in [0, 0.05) is 128 Å². The number of hydrogen-bond acceptors (Lipinski definition) is 26. The van der Waals surface area contributed by atoms with Crippen LogP contribution < -0.4 is 68.2 Å². The number of morpholine rings is 1. The number of amides is 5. The molecule has 41 heteroatoms. The summed E-state index contributed by atoms with van der Waals surface area (Å²) >= 11 is 1.20. The fourth-order valence-electron chi connectivity index (χ4n) is 9.91. The Kier molecular flexibility index (Phi) is 25.8. The standard InChI is InChI=1S/C26H22F3N7O3.C24H17F3N6O5S.C24H17F3N6O3S/c27-15-1-3-21(19(28)11-15)34-25(37)18-14-32-26(36-7-9-38-10-8-36)35-24(18)33-16-2-4-22(20(29)12-16)39-17-5-6-31-23(30)13-17;1-39(36,37)24-30-11-15(23(35)32-18-4-2-12(25)8-16(18)26)22(33-24)31-13-3-5-20(17(27)9-13)38-14-6-7-29-19(10-14)21(28)34;1-37-24-30-11-15(23(35)32-18-4-2-12(25)8-16(18)26)22(33-24)31-13-3-5-20(17(27)9-13)36-14-6-7-29-19(10-14)21(28)34/h1-6,11-14H,7-10H2,(H2,30,31)(H,34,37)(H,32,33,35);2-11H,1H3,(H2,28,34)(H,32,35)(H,30,31,33);2-11H,1H3,(H2,28,34)(H,32,35)(H,30,31,33). The van der Waals surface area contributed by atoms with Crippen LogP contribution in [0.25, 0.3) is 0 Å². The average Bonchev–Trinajstić information content (AvgIpc) is 0.805. The Morgan fingerprint density at radius 1 is 0.452 bits per heavy atom. The number of pyridine rings is 3. The Bertz CT molecular complexity index is 5850. The number of carbonyl (C=O) groups excluding carboxylic acids is 5. The highest BCUT2D eigenvalue weighted by Crippen LogP contribution is 2.35. The molecule has 6 aromatic heterocycles. The number of primary amides is 2. The molecular formula is C74H56F9N19O11S2. The van der Waals surface area contributed by atoms with Crippen molar-refractivity contribution < 1.29 is 90.9 Å². The Balaban J connectivity index is 0.000000170. The predicted octanol–water partition coefficient (Wildman–Crippen LogP) is 13.0. The second-order valence-corrected chi connectivity index (χ2v) is 26.3. The highest BCUT2D eigenvalue weighted by atomic mass is 32.2. The molecule has 1 aliphatic rings. The van der Waals surface area contributed by atoms with Gasteiger partial charge in [0.05, 0.1) is 30.3 Å². The van der Waals surface area contributed by atoms with Crippen molar-refractivity contribution in [3.05, 3.63) is 263 Å². The molecule has 5 amide bonds. The van der Waals surface area contributed by atoms with E-state index in [1.54, 1.807) is 6.26 Å². The summed E-state index contributed by atoms with van der Waals surface area (Å²) in [6, 6.07) is 27.7. The van der Waals surface area contributed by atoms with Crippen molar-refractivity contribution in [3.8, 4) is 34.5 Å². The van der Waals surface area contributed by atoms with Gasteiger partial charge in [0.2, 0.25) is 20.9 Å². The van der Waals surface area contributed by atoms with Crippen molar-refractivity contribution in [3.63, 3.8) is 0 Å². The van der Waals surface area contributed by atoms with E-state index in [4.69, 9.17) is 36.1 Å². The highest BCUT2D eigenvalue weighted by Gasteiger charge is 2.26. The first-order valence-electron chi connectivity index (χ1n) is 32.9. The number of nitrogen functional groups attached to an aromatic ring is 1. The fraction of sp³-hybridized carbons (Fsp3) is 0.0811. The minimum atomic E-state index is -3.92. The molecule has 13 rings (SSSR count). The number of benzene rings is 6. The predicted molar refractivity (Wildman–Crippen MR) is 400 cm³/mol. The number of ether oxygens (including phenoxy) is 4. The zero-order valence-electron chi connectivity index (χ0n) is 59.1. The molecule has 30 nitrogen and oxygen atoms in total. The van der Waals surface area contributed by atoms with E-state index in [2.05, 4.69) is 76.8 Å². The van der Waals surface area contributed by atoms with Gasteiger partial charge in [-0.2, -0.15) is 9.97 Å². The molecule has 0 aliphatic carbocycles. The van der Waals surface area contributed by atoms with E-state index < -0.39 is 96.9 Å². The lowest BCUT2D eigenvalue weighted by molar-refractivity contribution is 0.0987. The summed E-state index contributed by atoms with van der Waals surface area (Å²) in [7, 11) is -3.92. The lowest BCUT2D eigenvalue weighted by Crippen LogP contribution is -2.37. The summed E-state index contributed by atoms with van der Waals surface area (Å²) in [4.78, 5) is 99.2. The van der Waals surface area contributed by atoms with Crippen molar-refractivity contribution in [1.82, 2.24) is 44.9 Å². The second kappa shape index (κ2) is 36.5. The summed E-state index contributed by atoms with van der Waals surface area (Å²) in [5, 5.41) is 15.0. The van der Waals surface area contributed by atoms with Crippen LogP contribution in [0.1, 0.15) is 52.1 Å². The Hall–Kier alpha value is -14.6. The van der Waals surface area contributed by atoms with Gasteiger partial charge in [0.1, 0.15) is 104 Å². The molecular weight excluding hydrogens is 1570 g/mol. The number of thioether (sulfide) groups is 1. The number of hydrogen-bond donors (Lipinski definition) is 9. The van der Waals surface area contributed by atoms with Gasteiger partial charge < -0.3 is 72.9 Å². The number of aromatic nitrogens is 9. The molecule has 115 heavy (non-hydrogen) atoms. The topological polar surface area (TPSA) is 426 Å². The summed E-state index contributed by atoms with van der Waals surface area (Å²) < 4.78 is 172. The van der Waals surface area contributed by atoms with Gasteiger partial charge in [-0.05, 0) is 97.3 Å². The van der Waals surface area contributed by atoms with Gasteiger partial charge in [-0.1, -0.05) is 11.8 Å². The zero-order valence-corrected chi connectivity index (χ0v) is 60.7. The molecule has 0 atom stereocenters. The molecule has 1 saturated heterocycles. The van der Waals surface area contributed by atoms with Crippen molar-refractivity contribution >= 4 is 114 Å². The minimum absolute atomic E-state index is 0.0209. The number of sulfone groups is 1. The molecule has 1 aliphatic heterocycles. The van der Waals surface area contributed by atoms with Crippen LogP contribution in [0.15, 0.2) is 193 Å².